The standard InChI is InChI=1S/C19H19ClN6O2S/c20-14-1-2-17-18(10-14)24-19(23-17)29(27,28)26-7-5-25(6-8-26)12-15-9-13-11-21-4-3-16(13)22-15/h1-4,9-11,22H,5-8,12H2,(H,23,24). The third kappa shape index (κ3) is 3.51. The molecule has 1 aliphatic heterocycles. The highest BCUT2D eigenvalue weighted by Crippen LogP contribution is 2.22. The maximum absolute atomic E-state index is 13.0. The zero-order chi connectivity index (χ0) is 20.0. The number of benzene rings is 1. The van der Waals surface area contributed by atoms with Crippen molar-refractivity contribution < 1.29 is 8.42 Å². The van der Waals surface area contributed by atoms with Crippen molar-refractivity contribution in [1.29, 1.82) is 0 Å². The van der Waals surface area contributed by atoms with E-state index >= 15 is 0 Å². The van der Waals surface area contributed by atoms with Crippen LogP contribution in [0.5, 0.6) is 0 Å². The van der Waals surface area contributed by atoms with Gasteiger partial charge in [-0.05, 0) is 30.3 Å². The number of nitrogens with zero attached hydrogens (tertiary/aromatic N) is 4. The first-order valence-electron chi connectivity index (χ1n) is 9.28. The average Bonchev–Trinajstić information content (AvgIpc) is 3.31. The first-order chi connectivity index (χ1) is 14.0. The Morgan fingerprint density at radius 1 is 1.03 bits per heavy atom. The molecule has 8 nitrogen and oxygen atoms in total. The van der Waals surface area contributed by atoms with Crippen molar-refractivity contribution in [2.75, 3.05) is 26.2 Å². The lowest BCUT2D eigenvalue weighted by Gasteiger charge is -2.33. The molecule has 0 unspecified atom stereocenters. The fraction of sp³-hybridized carbons (Fsp3) is 0.263. The Morgan fingerprint density at radius 2 is 1.86 bits per heavy atom. The van der Waals surface area contributed by atoms with Crippen LogP contribution in [0.2, 0.25) is 5.02 Å². The molecule has 29 heavy (non-hydrogen) atoms. The second-order valence-corrected chi connectivity index (χ2v) is 9.43. The number of hydrogen-bond donors (Lipinski definition) is 2. The minimum atomic E-state index is -3.67. The molecule has 2 N–H and O–H groups in total. The fourth-order valence-corrected chi connectivity index (χ4v) is 5.20. The lowest BCUT2D eigenvalue weighted by Crippen LogP contribution is -2.48. The van der Waals surface area contributed by atoms with Gasteiger partial charge < -0.3 is 9.97 Å². The van der Waals surface area contributed by atoms with Crippen LogP contribution < -0.4 is 0 Å². The molecule has 0 saturated carbocycles. The Kier molecular flexibility index (Phi) is 4.54. The molecule has 0 atom stereocenters. The Labute approximate surface area is 172 Å². The van der Waals surface area contributed by atoms with Crippen molar-refractivity contribution >= 4 is 43.6 Å². The first-order valence-corrected chi connectivity index (χ1v) is 11.1. The molecule has 150 valence electrons. The van der Waals surface area contributed by atoms with Crippen LogP contribution in [-0.2, 0) is 16.6 Å². The molecule has 0 aliphatic carbocycles. The quantitative estimate of drug-likeness (QED) is 0.518. The second-order valence-electron chi connectivity index (χ2n) is 7.14. The SMILES string of the molecule is O=S(=O)(c1nc2ccc(Cl)cc2[nH]1)N1CCN(Cc2cc3cnccc3[nH]2)CC1. The number of imidazole rings is 1. The van der Waals surface area contributed by atoms with Crippen molar-refractivity contribution in [2.45, 2.75) is 11.7 Å². The number of aromatic nitrogens is 4. The van der Waals surface area contributed by atoms with Crippen LogP contribution >= 0.6 is 11.6 Å². The number of piperazine rings is 1. The molecule has 0 spiro atoms. The summed E-state index contributed by atoms with van der Waals surface area (Å²) in [5, 5.41) is 1.58. The van der Waals surface area contributed by atoms with Gasteiger partial charge in [-0.2, -0.15) is 4.31 Å². The van der Waals surface area contributed by atoms with Gasteiger partial charge in [0.2, 0.25) is 5.16 Å². The van der Waals surface area contributed by atoms with Crippen molar-refractivity contribution in [2.24, 2.45) is 0 Å². The first kappa shape index (κ1) is 18.6. The van der Waals surface area contributed by atoms with E-state index in [-0.39, 0.29) is 5.16 Å². The normalized spacial score (nSPS) is 16.7. The molecule has 1 aromatic carbocycles. The minimum Gasteiger partial charge on any atom is -0.357 e. The van der Waals surface area contributed by atoms with Crippen LogP contribution in [0.25, 0.3) is 21.9 Å². The summed E-state index contributed by atoms with van der Waals surface area (Å²) in [6.45, 7) is 2.88. The average molecular weight is 431 g/mol. The van der Waals surface area contributed by atoms with Gasteiger partial charge in [0.25, 0.3) is 10.0 Å². The Morgan fingerprint density at radius 3 is 2.66 bits per heavy atom. The van der Waals surface area contributed by atoms with Crippen LogP contribution in [-0.4, -0.2) is 63.7 Å². The predicted octanol–water partition coefficient (Wildman–Crippen LogP) is 2.60. The molecule has 1 fully saturated rings. The Balaban J connectivity index is 1.28. The van der Waals surface area contributed by atoms with Gasteiger partial charge in [0, 0.05) is 66.7 Å². The van der Waals surface area contributed by atoms with E-state index in [1.807, 2.05) is 12.3 Å². The summed E-state index contributed by atoms with van der Waals surface area (Å²) in [5.74, 6) is 0. The molecule has 4 heterocycles. The molecule has 3 aromatic heterocycles. The van der Waals surface area contributed by atoms with Crippen LogP contribution in [0.15, 0.2) is 47.9 Å². The lowest BCUT2D eigenvalue weighted by atomic mass is 10.3. The number of fused-ring (bicyclic) bond motifs is 2. The number of H-pyrrole nitrogens is 2. The maximum atomic E-state index is 13.0. The highest BCUT2D eigenvalue weighted by molar-refractivity contribution is 7.89. The Bertz CT molecular complexity index is 1260. The van der Waals surface area contributed by atoms with Gasteiger partial charge in [-0.15, -0.1) is 0 Å². The van der Waals surface area contributed by atoms with Gasteiger partial charge in [0.15, 0.2) is 0 Å². The molecule has 1 aliphatic rings. The van der Waals surface area contributed by atoms with E-state index in [4.69, 9.17) is 11.6 Å². The van der Waals surface area contributed by atoms with Crippen LogP contribution in [0, 0.1) is 0 Å². The molecular weight excluding hydrogens is 412 g/mol. The van der Waals surface area contributed by atoms with E-state index in [1.54, 1.807) is 24.4 Å². The van der Waals surface area contributed by atoms with Crippen LogP contribution in [0.1, 0.15) is 5.69 Å². The summed E-state index contributed by atoms with van der Waals surface area (Å²) in [6.07, 6.45) is 3.60. The summed E-state index contributed by atoms with van der Waals surface area (Å²) >= 11 is 5.98. The molecule has 4 aromatic rings. The summed E-state index contributed by atoms with van der Waals surface area (Å²) in [4.78, 5) is 16.9. The molecule has 0 amide bonds. The van der Waals surface area contributed by atoms with Crippen molar-refractivity contribution in [1.82, 2.24) is 29.1 Å². The number of hydrogen-bond acceptors (Lipinski definition) is 5. The largest absolute Gasteiger partial charge is 0.357 e. The summed E-state index contributed by atoms with van der Waals surface area (Å²) in [7, 11) is -3.67. The van der Waals surface area contributed by atoms with Gasteiger partial charge >= 0.3 is 0 Å². The number of sulfonamides is 1. The maximum Gasteiger partial charge on any atom is 0.276 e. The lowest BCUT2D eigenvalue weighted by molar-refractivity contribution is 0.180. The topological polar surface area (TPSA) is 98.0 Å². The molecule has 10 heteroatoms. The molecular formula is C19H19ClN6O2S. The number of aromatic amines is 2. The third-order valence-electron chi connectivity index (χ3n) is 5.21. The second kappa shape index (κ2) is 7.10. The third-order valence-corrected chi connectivity index (χ3v) is 7.17. The van der Waals surface area contributed by atoms with E-state index < -0.39 is 10.0 Å². The predicted molar refractivity (Wildman–Crippen MR) is 111 cm³/mol. The molecule has 0 radical (unpaired) electrons. The monoisotopic (exact) mass is 430 g/mol. The molecule has 1 saturated heterocycles. The van der Waals surface area contributed by atoms with Gasteiger partial charge in [-0.1, -0.05) is 11.6 Å². The number of rotatable bonds is 4. The highest BCUT2D eigenvalue weighted by atomic mass is 35.5. The summed E-state index contributed by atoms with van der Waals surface area (Å²) in [5.41, 5.74) is 3.35. The minimum absolute atomic E-state index is 0.0358. The molecule has 0 bridgehead atoms. The smallest absolute Gasteiger partial charge is 0.276 e. The van der Waals surface area contributed by atoms with Crippen molar-refractivity contribution in [3.63, 3.8) is 0 Å². The van der Waals surface area contributed by atoms with Gasteiger partial charge in [-0.3, -0.25) is 9.88 Å². The molecule has 5 rings (SSSR count). The number of halogens is 1. The van der Waals surface area contributed by atoms with Crippen LogP contribution in [0.4, 0.5) is 0 Å². The Hall–Kier alpha value is -2.46. The zero-order valence-electron chi connectivity index (χ0n) is 15.5. The van der Waals surface area contributed by atoms with Gasteiger partial charge in [0.05, 0.1) is 11.0 Å². The highest BCUT2D eigenvalue weighted by Gasteiger charge is 2.31. The van der Waals surface area contributed by atoms with E-state index in [0.29, 0.717) is 42.2 Å². The van der Waals surface area contributed by atoms with Gasteiger partial charge in [0.1, 0.15) is 0 Å². The van der Waals surface area contributed by atoms with E-state index in [2.05, 4.69) is 30.9 Å². The van der Waals surface area contributed by atoms with Gasteiger partial charge in [-0.25, -0.2) is 13.4 Å². The number of pyridine rings is 1. The van der Waals surface area contributed by atoms with E-state index in [9.17, 15) is 8.42 Å². The van der Waals surface area contributed by atoms with Crippen molar-refractivity contribution in [3.8, 4) is 0 Å². The fourth-order valence-electron chi connectivity index (χ4n) is 3.69. The van der Waals surface area contributed by atoms with E-state index in [1.165, 1.54) is 4.31 Å². The summed E-state index contributed by atoms with van der Waals surface area (Å²) < 4.78 is 27.5. The zero-order valence-corrected chi connectivity index (χ0v) is 17.0. The van der Waals surface area contributed by atoms with Crippen molar-refractivity contribution in [3.05, 3.63) is 53.4 Å². The van der Waals surface area contributed by atoms with Crippen LogP contribution in [0.3, 0.4) is 0 Å². The summed E-state index contributed by atoms with van der Waals surface area (Å²) in [6, 6.07) is 9.12. The van der Waals surface area contributed by atoms with E-state index in [0.717, 1.165) is 23.1 Å². The number of nitrogens with one attached hydrogen (secondary N) is 2.